The Balaban J connectivity index is 0.000000180. The van der Waals surface area contributed by atoms with Crippen LogP contribution in [0, 0.1) is 13.8 Å². The number of hydrogen-bond acceptors (Lipinski definition) is 5. The number of H-pyrrole nitrogens is 1. The van der Waals surface area contributed by atoms with Crippen LogP contribution in [0.3, 0.4) is 0 Å². The molecule has 0 spiro atoms. The predicted molar refractivity (Wildman–Crippen MR) is 68.0 cm³/mol. The Morgan fingerprint density at radius 2 is 1.67 bits per heavy atom. The van der Waals surface area contributed by atoms with E-state index in [2.05, 4.69) is 19.9 Å². The molecule has 8 heteroatoms. The highest BCUT2D eigenvalue weighted by molar-refractivity contribution is 6.34. The fraction of sp³-hybridized carbons (Fsp3) is 0.200. The Bertz CT molecular complexity index is 580. The third-order valence-corrected chi connectivity index (χ3v) is 2.78. The van der Waals surface area contributed by atoms with Crippen molar-refractivity contribution < 1.29 is 5.11 Å². The van der Waals surface area contributed by atoms with E-state index < -0.39 is 0 Å². The van der Waals surface area contributed by atoms with Gasteiger partial charge in [-0.25, -0.2) is 15.0 Å². The lowest BCUT2D eigenvalue weighted by Gasteiger charge is -1.94. The Morgan fingerprint density at radius 1 is 1.11 bits per heavy atom. The van der Waals surface area contributed by atoms with Gasteiger partial charge in [0.1, 0.15) is 16.6 Å². The number of nitrogens with one attached hydrogen (secondary N) is 1. The molecule has 0 atom stereocenters. The molecule has 2 heterocycles. The molecule has 0 saturated carbocycles. The maximum absolute atomic E-state index is 10.6. The van der Waals surface area contributed by atoms with Gasteiger partial charge >= 0.3 is 0 Å². The van der Waals surface area contributed by atoms with E-state index in [9.17, 15) is 4.79 Å². The minimum absolute atomic E-state index is 0.209. The van der Waals surface area contributed by atoms with Crippen molar-refractivity contribution >= 4 is 23.2 Å². The monoisotopic (exact) mass is 288 g/mol. The van der Waals surface area contributed by atoms with Crippen LogP contribution in [0.25, 0.3) is 0 Å². The van der Waals surface area contributed by atoms with E-state index in [0.29, 0.717) is 10.3 Å². The summed E-state index contributed by atoms with van der Waals surface area (Å²) in [7, 11) is 0. The fourth-order valence-corrected chi connectivity index (χ4v) is 1.18. The van der Waals surface area contributed by atoms with Crippen LogP contribution in [0.5, 0.6) is 5.88 Å². The smallest absolute Gasteiger partial charge is 0.257 e. The molecule has 6 nitrogen and oxygen atoms in total. The third-order valence-electron chi connectivity index (χ3n) is 2.02. The molecule has 0 fully saturated rings. The van der Waals surface area contributed by atoms with Crippen molar-refractivity contribution in [3.05, 3.63) is 44.4 Å². The lowest BCUT2D eigenvalue weighted by molar-refractivity contribution is 0.446. The first-order chi connectivity index (χ1) is 8.43. The van der Waals surface area contributed by atoms with Gasteiger partial charge in [-0.3, -0.25) is 4.79 Å². The summed E-state index contributed by atoms with van der Waals surface area (Å²) in [6.45, 7) is 3.27. The van der Waals surface area contributed by atoms with Crippen LogP contribution in [0.1, 0.15) is 11.1 Å². The van der Waals surface area contributed by atoms with Gasteiger partial charge in [0.2, 0.25) is 5.88 Å². The standard InChI is InChI=1S/C5H4Cl2N2.C5H6N2O2/c1-3-4(6)8-2-9-5(3)7;1-3-4(8)6-2-7-5(3)9/h2H,1H3;2H,1H3,(H2,6,7,8,9). The van der Waals surface area contributed by atoms with E-state index >= 15 is 0 Å². The second-order valence-electron chi connectivity index (χ2n) is 3.26. The maximum atomic E-state index is 10.6. The van der Waals surface area contributed by atoms with Crippen LogP contribution in [0.2, 0.25) is 10.3 Å². The van der Waals surface area contributed by atoms with E-state index in [0.717, 1.165) is 11.9 Å². The zero-order chi connectivity index (χ0) is 13.7. The number of rotatable bonds is 0. The fourth-order valence-electron chi connectivity index (χ4n) is 0.868. The SMILES string of the molecule is Cc1c(Cl)ncnc1Cl.Cc1c(O)nc[nH]c1=O. The zero-order valence-electron chi connectivity index (χ0n) is 9.61. The Kier molecular flexibility index (Phi) is 5.06. The number of nitrogens with zero attached hydrogens (tertiary/aromatic N) is 3. The number of aromatic amines is 1. The molecular weight excluding hydrogens is 279 g/mol. The summed E-state index contributed by atoms with van der Waals surface area (Å²) in [5.74, 6) is -0.209. The first-order valence-corrected chi connectivity index (χ1v) is 5.55. The topological polar surface area (TPSA) is 91.8 Å². The van der Waals surface area contributed by atoms with Gasteiger partial charge in [-0.2, -0.15) is 0 Å². The van der Waals surface area contributed by atoms with Gasteiger partial charge in [0, 0.05) is 5.56 Å². The van der Waals surface area contributed by atoms with Crippen LogP contribution in [-0.4, -0.2) is 25.0 Å². The second-order valence-corrected chi connectivity index (χ2v) is 3.98. The van der Waals surface area contributed by atoms with Gasteiger partial charge in [-0.15, -0.1) is 0 Å². The average Bonchev–Trinajstić information content (AvgIpc) is 2.34. The van der Waals surface area contributed by atoms with E-state index in [1.165, 1.54) is 13.3 Å². The highest BCUT2D eigenvalue weighted by Crippen LogP contribution is 2.16. The first kappa shape index (κ1) is 14.4. The molecule has 0 aliphatic carbocycles. The Hall–Kier alpha value is -1.66. The molecule has 2 aromatic rings. The molecule has 0 radical (unpaired) electrons. The van der Waals surface area contributed by atoms with Crippen molar-refractivity contribution in [2.45, 2.75) is 13.8 Å². The van der Waals surface area contributed by atoms with Crippen LogP contribution in [0.15, 0.2) is 17.4 Å². The minimum Gasteiger partial charge on any atom is -0.493 e. The van der Waals surface area contributed by atoms with Crippen LogP contribution >= 0.6 is 23.2 Å². The molecule has 0 saturated heterocycles. The summed E-state index contributed by atoms with van der Waals surface area (Å²) in [5.41, 5.74) is 0.667. The summed E-state index contributed by atoms with van der Waals surface area (Å²) in [5, 5.41) is 9.59. The first-order valence-electron chi connectivity index (χ1n) is 4.79. The molecule has 96 valence electrons. The number of aromatic hydroxyl groups is 1. The molecule has 0 bridgehead atoms. The molecule has 2 N–H and O–H groups in total. The van der Waals surface area contributed by atoms with Gasteiger partial charge in [0.15, 0.2) is 0 Å². The Morgan fingerprint density at radius 3 is 2.06 bits per heavy atom. The lowest BCUT2D eigenvalue weighted by atomic mass is 10.4. The predicted octanol–water partition coefficient (Wildman–Crippen LogP) is 1.88. The molecule has 0 unspecified atom stereocenters. The van der Waals surface area contributed by atoms with Gasteiger partial charge in [0.05, 0.1) is 11.9 Å². The van der Waals surface area contributed by atoms with Gasteiger partial charge in [-0.05, 0) is 13.8 Å². The molecule has 2 aromatic heterocycles. The van der Waals surface area contributed by atoms with Crippen molar-refractivity contribution in [2.75, 3.05) is 0 Å². The van der Waals surface area contributed by atoms with E-state index in [1.54, 1.807) is 6.92 Å². The molecule has 18 heavy (non-hydrogen) atoms. The number of hydrogen-bond donors (Lipinski definition) is 2. The normalized spacial score (nSPS) is 9.56. The summed E-state index contributed by atoms with van der Waals surface area (Å²) in [6.07, 6.45) is 2.49. The van der Waals surface area contributed by atoms with Gasteiger partial charge in [0.25, 0.3) is 5.56 Å². The quantitative estimate of drug-likeness (QED) is 0.722. The number of aromatic nitrogens is 4. The lowest BCUT2D eigenvalue weighted by Crippen LogP contribution is -2.08. The van der Waals surface area contributed by atoms with Gasteiger partial charge in [-0.1, -0.05) is 23.2 Å². The summed E-state index contributed by atoms with van der Waals surface area (Å²) in [6, 6.07) is 0. The van der Waals surface area contributed by atoms with E-state index in [-0.39, 0.29) is 17.0 Å². The van der Waals surface area contributed by atoms with Crippen molar-refractivity contribution in [1.29, 1.82) is 0 Å². The molecule has 0 amide bonds. The van der Waals surface area contributed by atoms with E-state index in [4.69, 9.17) is 28.3 Å². The second kappa shape index (κ2) is 6.32. The van der Waals surface area contributed by atoms with Crippen LogP contribution in [-0.2, 0) is 0 Å². The molecule has 0 aromatic carbocycles. The molecule has 2 rings (SSSR count). The summed E-state index contributed by atoms with van der Waals surface area (Å²) in [4.78, 5) is 23.8. The molecule has 0 aliphatic rings. The zero-order valence-corrected chi connectivity index (χ0v) is 11.1. The van der Waals surface area contributed by atoms with Crippen molar-refractivity contribution in [3.63, 3.8) is 0 Å². The average molecular weight is 289 g/mol. The van der Waals surface area contributed by atoms with Crippen LogP contribution in [0.4, 0.5) is 0 Å². The molecule has 0 aliphatic heterocycles. The van der Waals surface area contributed by atoms with Crippen LogP contribution < -0.4 is 5.56 Å². The van der Waals surface area contributed by atoms with Crippen molar-refractivity contribution in [3.8, 4) is 5.88 Å². The highest BCUT2D eigenvalue weighted by Gasteiger charge is 1.99. The summed E-state index contributed by atoms with van der Waals surface area (Å²) < 4.78 is 0. The van der Waals surface area contributed by atoms with E-state index in [1.807, 2.05) is 0 Å². The summed E-state index contributed by atoms with van der Waals surface area (Å²) >= 11 is 11.2. The minimum atomic E-state index is -0.303. The van der Waals surface area contributed by atoms with Gasteiger partial charge < -0.3 is 10.1 Å². The maximum Gasteiger partial charge on any atom is 0.257 e. The highest BCUT2D eigenvalue weighted by atomic mass is 35.5. The van der Waals surface area contributed by atoms with Crippen molar-refractivity contribution in [2.24, 2.45) is 0 Å². The Labute approximate surface area is 113 Å². The third kappa shape index (κ3) is 3.68. The molecular formula is C10H10Cl2N4O2. The largest absolute Gasteiger partial charge is 0.493 e. The number of halogens is 2. The van der Waals surface area contributed by atoms with Crippen molar-refractivity contribution in [1.82, 2.24) is 19.9 Å².